The van der Waals surface area contributed by atoms with Gasteiger partial charge in [0, 0.05) is 0 Å². The predicted octanol–water partition coefficient (Wildman–Crippen LogP) is 3.33. The van der Waals surface area contributed by atoms with Crippen LogP contribution >= 0.6 is 22.6 Å². The molecule has 22 heavy (non-hydrogen) atoms. The van der Waals surface area contributed by atoms with E-state index in [-0.39, 0.29) is 5.57 Å². The van der Waals surface area contributed by atoms with Crippen LogP contribution in [0.15, 0.2) is 30.4 Å². The zero-order valence-electron chi connectivity index (χ0n) is 12.4. The van der Waals surface area contributed by atoms with Crippen LogP contribution in [0.5, 0.6) is 11.5 Å². The Bertz CT molecular complexity index is 632. The molecule has 0 aliphatic carbocycles. The summed E-state index contributed by atoms with van der Waals surface area (Å²) in [5.41, 5.74) is 0.571. The summed E-state index contributed by atoms with van der Waals surface area (Å²) in [5.74, 6) is 0.475. The summed E-state index contributed by atoms with van der Waals surface area (Å²) in [6, 6.07) is 5.33. The number of methoxy groups -OCH3 is 1. The number of nitrogens with zero attached hydrogens (tertiary/aromatic N) is 1. The van der Waals surface area contributed by atoms with Gasteiger partial charge in [-0.15, -0.1) is 0 Å². The van der Waals surface area contributed by atoms with Crippen LogP contribution in [0.3, 0.4) is 0 Å². The van der Waals surface area contributed by atoms with Crippen LogP contribution < -0.4 is 9.47 Å². The maximum atomic E-state index is 11.5. The van der Waals surface area contributed by atoms with Crippen molar-refractivity contribution < 1.29 is 19.0 Å². The molecule has 1 aromatic rings. The highest BCUT2D eigenvalue weighted by Gasteiger charge is 2.14. The summed E-state index contributed by atoms with van der Waals surface area (Å²) < 4.78 is 16.5. The Morgan fingerprint density at radius 2 is 2.18 bits per heavy atom. The lowest BCUT2D eigenvalue weighted by Gasteiger charge is -2.13. The third-order valence-electron chi connectivity index (χ3n) is 2.51. The van der Waals surface area contributed by atoms with Crippen molar-refractivity contribution in [2.24, 2.45) is 0 Å². The maximum absolute atomic E-state index is 11.5. The molecule has 0 saturated heterocycles. The van der Waals surface area contributed by atoms with Gasteiger partial charge in [-0.2, -0.15) is 5.26 Å². The topological polar surface area (TPSA) is 68.5 Å². The van der Waals surface area contributed by atoms with Gasteiger partial charge in [0.1, 0.15) is 18.2 Å². The van der Waals surface area contributed by atoms with E-state index in [1.165, 1.54) is 13.2 Å². The average molecular weight is 413 g/mol. The standard InChI is InChI=1S/C16H16INO4/c1-4-6-22-15-13(17)8-11(9-14(15)21-5-2)7-12(10-18)16(19)20-3/h4,7-9H,1,5-6H2,2-3H3/b12-7+. The van der Waals surface area contributed by atoms with Gasteiger partial charge in [0.2, 0.25) is 0 Å². The number of nitriles is 1. The number of carbonyl (C=O) groups is 1. The molecule has 0 aromatic heterocycles. The maximum Gasteiger partial charge on any atom is 0.348 e. The first-order valence-electron chi connectivity index (χ1n) is 6.47. The van der Waals surface area contributed by atoms with Crippen molar-refractivity contribution in [1.82, 2.24) is 0 Å². The molecule has 0 bridgehead atoms. The molecule has 6 heteroatoms. The van der Waals surface area contributed by atoms with Gasteiger partial charge in [-0.1, -0.05) is 12.7 Å². The second kappa shape index (κ2) is 9.10. The minimum absolute atomic E-state index is 0.0829. The molecule has 0 radical (unpaired) electrons. The normalized spacial score (nSPS) is 10.5. The van der Waals surface area contributed by atoms with Gasteiger partial charge >= 0.3 is 5.97 Å². The number of ether oxygens (including phenoxy) is 3. The Hall–Kier alpha value is -2.01. The van der Waals surface area contributed by atoms with E-state index < -0.39 is 5.97 Å². The highest BCUT2D eigenvalue weighted by atomic mass is 127. The summed E-state index contributed by atoms with van der Waals surface area (Å²) in [4.78, 5) is 11.5. The zero-order chi connectivity index (χ0) is 16.5. The fourth-order valence-electron chi connectivity index (χ4n) is 1.63. The number of hydrogen-bond donors (Lipinski definition) is 0. The van der Waals surface area contributed by atoms with E-state index in [0.29, 0.717) is 30.3 Å². The lowest BCUT2D eigenvalue weighted by molar-refractivity contribution is -0.135. The van der Waals surface area contributed by atoms with E-state index in [4.69, 9.17) is 14.7 Å². The number of benzene rings is 1. The van der Waals surface area contributed by atoms with Crippen molar-refractivity contribution in [3.05, 3.63) is 39.5 Å². The molecule has 0 unspecified atom stereocenters. The highest BCUT2D eigenvalue weighted by molar-refractivity contribution is 14.1. The fourth-order valence-corrected chi connectivity index (χ4v) is 2.41. The van der Waals surface area contributed by atoms with Crippen LogP contribution in [-0.2, 0) is 9.53 Å². The van der Waals surface area contributed by atoms with Gasteiger partial charge in [-0.05, 0) is 53.3 Å². The molecule has 0 aliphatic rings. The van der Waals surface area contributed by atoms with Crippen LogP contribution in [0.2, 0.25) is 0 Å². The van der Waals surface area contributed by atoms with Crippen LogP contribution in [-0.4, -0.2) is 26.3 Å². The van der Waals surface area contributed by atoms with E-state index in [9.17, 15) is 4.79 Å². The molecule has 5 nitrogen and oxygen atoms in total. The molecule has 0 amide bonds. The van der Waals surface area contributed by atoms with Crippen LogP contribution in [0, 0.1) is 14.9 Å². The van der Waals surface area contributed by atoms with Crippen LogP contribution in [0.25, 0.3) is 6.08 Å². The van der Waals surface area contributed by atoms with E-state index >= 15 is 0 Å². The van der Waals surface area contributed by atoms with Gasteiger partial charge in [0.25, 0.3) is 0 Å². The number of carbonyl (C=O) groups excluding carboxylic acids is 1. The first kappa shape index (κ1) is 18.0. The quantitative estimate of drug-likeness (QED) is 0.226. The Kier molecular flexibility index (Phi) is 7.46. The summed E-state index contributed by atoms with van der Waals surface area (Å²) >= 11 is 2.11. The van der Waals surface area contributed by atoms with Crippen molar-refractivity contribution in [1.29, 1.82) is 5.26 Å². The van der Waals surface area contributed by atoms with Crippen molar-refractivity contribution >= 4 is 34.6 Å². The minimum Gasteiger partial charge on any atom is -0.490 e. The molecule has 1 aromatic carbocycles. The fraction of sp³-hybridized carbons (Fsp3) is 0.250. The third-order valence-corrected chi connectivity index (χ3v) is 3.32. The Morgan fingerprint density at radius 1 is 1.45 bits per heavy atom. The zero-order valence-corrected chi connectivity index (χ0v) is 14.5. The van der Waals surface area contributed by atoms with Gasteiger partial charge in [0.15, 0.2) is 11.5 Å². The Morgan fingerprint density at radius 3 is 2.73 bits per heavy atom. The molecule has 0 spiro atoms. The predicted molar refractivity (Wildman–Crippen MR) is 91.6 cm³/mol. The second-order valence-corrected chi connectivity index (χ2v) is 5.19. The molecule has 0 atom stereocenters. The molecule has 0 heterocycles. The second-order valence-electron chi connectivity index (χ2n) is 4.02. The summed E-state index contributed by atoms with van der Waals surface area (Å²) in [6.45, 7) is 6.30. The minimum atomic E-state index is -0.678. The van der Waals surface area contributed by atoms with Gasteiger partial charge in [0.05, 0.1) is 17.3 Å². The lowest BCUT2D eigenvalue weighted by Crippen LogP contribution is -2.03. The van der Waals surface area contributed by atoms with Crippen molar-refractivity contribution in [3.8, 4) is 17.6 Å². The number of halogens is 1. The van der Waals surface area contributed by atoms with Crippen molar-refractivity contribution in [3.63, 3.8) is 0 Å². The van der Waals surface area contributed by atoms with Crippen molar-refractivity contribution in [2.45, 2.75) is 6.92 Å². The van der Waals surface area contributed by atoms with E-state index in [1.54, 1.807) is 18.2 Å². The SMILES string of the molecule is C=CCOc1c(I)cc(/C=C(\C#N)C(=O)OC)cc1OCC. The molecule has 1 rings (SSSR count). The number of hydrogen-bond acceptors (Lipinski definition) is 5. The molecular formula is C16H16INO4. The van der Waals surface area contributed by atoms with Crippen LogP contribution in [0.1, 0.15) is 12.5 Å². The third kappa shape index (κ3) is 4.77. The molecule has 0 saturated carbocycles. The molecule has 0 fully saturated rings. The van der Waals surface area contributed by atoms with Crippen molar-refractivity contribution in [2.75, 3.05) is 20.3 Å². The molecular weight excluding hydrogens is 397 g/mol. The number of rotatable bonds is 7. The Labute approximate surface area is 143 Å². The summed E-state index contributed by atoms with van der Waals surface area (Å²) in [6.07, 6.45) is 3.10. The monoisotopic (exact) mass is 413 g/mol. The van der Waals surface area contributed by atoms with Crippen LogP contribution in [0.4, 0.5) is 0 Å². The lowest BCUT2D eigenvalue weighted by atomic mass is 10.1. The van der Waals surface area contributed by atoms with E-state index in [1.807, 2.05) is 13.0 Å². The first-order valence-corrected chi connectivity index (χ1v) is 7.55. The van der Waals surface area contributed by atoms with E-state index in [2.05, 4.69) is 33.9 Å². The smallest absolute Gasteiger partial charge is 0.348 e. The largest absolute Gasteiger partial charge is 0.490 e. The number of esters is 1. The van der Waals surface area contributed by atoms with Gasteiger partial charge in [-0.25, -0.2) is 4.79 Å². The first-order chi connectivity index (χ1) is 10.6. The average Bonchev–Trinajstić information content (AvgIpc) is 2.51. The Balaban J connectivity index is 3.28. The molecule has 116 valence electrons. The summed E-state index contributed by atoms with van der Waals surface area (Å²) in [7, 11) is 1.23. The van der Waals surface area contributed by atoms with E-state index in [0.717, 1.165) is 3.57 Å². The molecule has 0 N–H and O–H groups in total. The highest BCUT2D eigenvalue weighted by Crippen LogP contribution is 2.35. The van der Waals surface area contributed by atoms with Gasteiger partial charge in [-0.3, -0.25) is 0 Å². The molecule has 0 aliphatic heterocycles. The van der Waals surface area contributed by atoms with Gasteiger partial charge < -0.3 is 14.2 Å². The summed E-state index contributed by atoms with van der Waals surface area (Å²) in [5, 5.41) is 9.01.